The van der Waals surface area contributed by atoms with E-state index in [1.54, 1.807) is 24.3 Å². The summed E-state index contributed by atoms with van der Waals surface area (Å²) in [4.78, 5) is 2.88. The van der Waals surface area contributed by atoms with Crippen molar-refractivity contribution in [2.24, 2.45) is 0 Å². The Morgan fingerprint density at radius 1 is 1.26 bits per heavy atom. The van der Waals surface area contributed by atoms with Crippen LogP contribution in [0.1, 0.15) is 39.5 Å². The third kappa shape index (κ3) is 4.55. The molecule has 1 aromatic rings. The maximum Gasteiger partial charge on any atom is 0.183 e. The van der Waals surface area contributed by atoms with Gasteiger partial charge in [-0.1, -0.05) is 18.2 Å². The molecule has 1 unspecified atom stereocenters. The molecule has 1 saturated heterocycles. The molecular weight excluding hydrogens is 308 g/mol. The minimum atomic E-state index is -3.29. The van der Waals surface area contributed by atoms with Crippen molar-refractivity contribution in [3.05, 3.63) is 30.3 Å². The Bertz CT molecular complexity index is 584. The summed E-state index contributed by atoms with van der Waals surface area (Å²) in [6.07, 6.45) is 4.05. The zero-order chi connectivity index (χ0) is 16.9. The highest BCUT2D eigenvalue weighted by Crippen LogP contribution is 2.29. The lowest BCUT2D eigenvalue weighted by Crippen LogP contribution is -2.45. The van der Waals surface area contributed by atoms with Gasteiger partial charge in [0.05, 0.1) is 9.64 Å². The van der Waals surface area contributed by atoms with E-state index in [2.05, 4.69) is 10.2 Å². The van der Waals surface area contributed by atoms with Crippen LogP contribution in [0, 0.1) is 0 Å². The van der Waals surface area contributed by atoms with Crippen LogP contribution in [-0.4, -0.2) is 50.8 Å². The molecule has 1 atom stereocenters. The predicted octanol–water partition coefficient (Wildman–Crippen LogP) is 2.70. The van der Waals surface area contributed by atoms with E-state index in [1.807, 2.05) is 27.0 Å². The summed E-state index contributed by atoms with van der Waals surface area (Å²) in [5.41, 5.74) is 0. The van der Waals surface area contributed by atoms with Gasteiger partial charge in [-0.25, -0.2) is 8.42 Å². The van der Waals surface area contributed by atoms with Crippen LogP contribution in [0.3, 0.4) is 0 Å². The van der Waals surface area contributed by atoms with Crippen molar-refractivity contribution in [2.75, 3.05) is 26.7 Å². The van der Waals surface area contributed by atoms with Crippen molar-refractivity contribution in [2.45, 2.75) is 55.2 Å². The summed E-state index contributed by atoms with van der Waals surface area (Å²) >= 11 is 0. The normalized spacial score (nSPS) is 20.6. The molecule has 1 aromatic carbocycles. The van der Waals surface area contributed by atoms with Crippen LogP contribution < -0.4 is 5.32 Å². The number of nitrogens with one attached hydrogen (secondary N) is 1. The van der Waals surface area contributed by atoms with E-state index in [0.717, 1.165) is 26.1 Å². The lowest BCUT2D eigenvalue weighted by molar-refractivity contribution is 0.190. The van der Waals surface area contributed by atoms with Gasteiger partial charge in [0.15, 0.2) is 9.84 Å². The van der Waals surface area contributed by atoms with E-state index >= 15 is 0 Å². The van der Waals surface area contributed by atoms with Crippen LogP contribution in [0.4, 0.5) is 0 Å². The third-order valence-corrected chi connectivity index (χ3v) is 7.50. The smallest absolute Gasteiger partial charge is 0.183 e. The summed E-state index contributed by atoms with van der Waals surface area (Å²) in [5, 5.41) is 3.35. The first kappa shape index (κ1) is 18.4. The molecule has 0 spiro atoms. The van der Waals surface area contributed by atoms with Gasteiger partial charge in [0.2, 0.25) is 0 Å². The van der Waals surface area contributed by atoms with Crippen LogP contribution in [0.15, 0.2) is 35.2 Å². The first-order valence-corrected chi connectivity index (χ1v) is 10.0. The number of nitrogens with zero attached hydrogens (tertiary/aromatic N) is 1. The predicted molar refractivity (Wildman–Crippen MR) is 95.5 cm³/mol. The average molecular weight is 339 g/mol. The van der Waals surface area contributed by atoms with Crippen molar-refractivity contribution in [1.82, 2.24) is 10.2 Å². The Morgan fingerprint density at radius 2 is 1.96 bits per heavy atom. The zero-order valence-electron chi connectivity index (χ0n) is 14.6. The summed E-state index contributed by atoms with van der Waals surface area (Å²) in [5.74, 6) is 0. The van der Waals surface area contributed by atoms with Gasteiger partial charge in [-0.3, -0.25) is 0 Å². The van der Waals surface area contributed by atoms with Gasteiger partial charge >= 0.3 is 0 Å². The summed E-state index contributed by atoms with van der Waals surface area (Å²) < 4.78 is 24.9. The molecule has 0 aliphatic carbocycles. The first-order chi connectivity index (χ1) is 10.9. The molecule has 1 fully saturated rings. The van der Waals surface area contributed by atoms with Gasteiger partial charge in [0, 0.05) is 12.6 Å². The number of likely N-dealkylation sites (tertiary alicyclic amines) is 1. The molecule has 0 bridgehead atoms. The van der Waals surface area contributed by atoms with Gasteiger partial charge < -0.3 is 10.2 Å². The minimum Gasteiger partial charge on any atom is -0.316 e. The van der Waals surface area contributed by atoms with E-state index in [-0.39, 0.29) is 0 Å². The fourth-order valence-corrected chi connectivity index (χ4v) is 4.84. The zero-order valence-corrected chi connectivity index (χ0v) is 15.4. The van der Waals surface area contributed by atoms with Crippen LogP contribution >= 0.6 is 0 Å². The standard InChI is InChI=1S/C18H30N2O2S/c1-18(2,23(21,22)17-10-5-4-6-11-17)12-8-14-20-13-7-9-16(15-20)19-3/h4-6,10-11,16,19H,7-9,12-15H2,1-3H3. The Kier molecular flexibility index (Phi) is 6.23. The van der Waals surface area contributed by atoms with Gasteiger partial charge in [-0.05, 0) is 71.8 Å². The van der Waals surface area contributed by atoms with Crippen LogP contribution in [0.25, 0.3) is 0 Å². The molecule has 2 rings (SSSR count). The molecule has 1 heterocycles. The fraction of sp³-hybridized carbons (Fsp3) is 0.667. The molecule has 4 nitrogen and oxygen atoms in total. The summed E-state index contributed by atoms with van der Waals surface area (Å²) in [6, 6.07) is 9.38. The molecule has 0 saturated carbocycles. The number of sulfone groups is 1. The molecule has 5 heteroatoms. The molecule has 0 aromatic heterocycles. The quantitative estimate of drug-likeness (QED) is 0.830. The van der Waals surface area contributed by atoms with E-state index in [1.165, 1.54) is 12.8 Å². The van der Waals surface area contributed by atoms with E-state index < -0.39 is 14.6 Å². The minimum absolute atomic E-state index is 0.429. The number of benzene rings is 1. The second-order valence-electron chi connectivity index (χ2n) is 7.11. The van der Waals surface area contributed by atoms with Gasteiger partial charge in [0.1, 0.15) is 0 Å². The number of rotatable bonds is 7. The Morgan fingerprint density at radius 3 is 2.61 bits per heavy atom. The van der Waals surface area contributed by atoms with E-state index in [9.17, 15) is 8.42 Å². The molecule has 1 N–H and O–H groups in total. The van der Waals surface area contributed by atoms with Gasteiger partial charge in [-0.2, -0.15) is 0 Å². The van der Waals surface area contributed by atoms with Crippen molar-refractivity contribution in [3.8, 4) is 0 Å². The van der Waals surface area contributed by atoms with Crippen molar-refractivity contribution in [3.63, 3.8) is 0 Å². The van der Waals surface area contributed by atoms with E-state index in [4.69, 9.17) is 0 Å². The fourth-order valence-electron chi connectivity index (χ4n) is 3.28. The molecular formula is C18H30N2O2S. The highest BCUT2D eigenvalue weighted by Gasteiger charge is 2.35. The van der Waals surface area contributed by atoms with Gasteiger partial charge in [0.25, 0.3) is 0 Å². The Hall–Kier alpha value is -0.910. The summed E-state index contributed by atoms with van der Waals surface area (Å²) in [7, 11) is -1.27. The largest absolute Gasteiger partial charge is 0.316 e. The lowest BCUT2D eigenvalue weighted by atomic mass is 10.0. The first-order valence-electron chi connectivity index (χ1n) is 8.56. The highest BCUT2D eigenvalue weighted by atomic mass is 32.2. The second-order valence-corrected chi connectivity index (χ2v) is 9.69. The Labute approximate surface area is 141 Å². The highest BCUT2D eigenvalue weighted by molar-refractivity contribution is 7.92. The molecule has 1 aliphatic heterocycles. The number of hydrogen-bond acceptors (Lipinski definition) is 4. The van der Waals surface area contributed by atoms with Crippen molar-refractivity contribution < 1.29 is 8.42 Å². The second kappa shape index (κ2) is 7.77. The number of piperidine rings is 1. The van der Waals surface area contributed by atoms with Gasteiger partial charge in [-0.15, -0.1) is 0 Å². The molecule has 1 aliphatic rings. The number of likely N-dealkylation sites (N-methyl/N-ethyl adjacent to an activating group) is 1. The van der Waals surface area contributed by atoms with Crippen LogP contribution in [-0.2, 0) is 9.84 Å². The Balaban J connectivity index is 1.91. The maximum atomic E-state index is 12.8. The van der Waals surface area contributed by atoms with Crippen LogP contribution in [0.2, 0.25) is 0 Å². The SMILES string of the molecule is CNC1CCCN(CCCC(C)(C)S(=O)(=O)c2ccccc2)C1. The lowest BCUT2D eigenvalue weighted by Gasteiger charge is -2.33. The van der Waals surface area contributed by atoms with Crippen molar-refractivity contribution >= 4 is 9.84 Å². The molecule has 130 valence electrons. The molecule has 23 heavy (non-hydrogen) atoms. The number of hydrogen-bond donors (Lipinski definition) is 1. The van der Waals surface area contributed by atoms with E-state index in [0.29, 0.717) is 17.4 Å². The monoisotopic (exact) mass is 338 g/mol. The third-order valence-electron chi connectivity index (χ3n) is 4.95. The maximum absolute atomic E-state index is 12.8. The van der Waals surface area contributed by atoms with Crippen molar-refractivity contribution in [1.29, 1.82) is 0 Å². The molecule has 0 radical (unpaired) electrons. The van der Waals surface area contributed by atoms with Crippen LogP contribution in [0.5, 0.6) is 0 Å². The topological polar surface area (TPSA) is 49.4 Å². The average Bonchev–Trinajstić information content (AvgIpc) is 2.55. The summed E-state index contributed by atoms with van der Waals surface area (Å²) in [6.45, 7) is 6.88. The molecule has 0 amide bonds.